The highest BCUT2D eigenvalue weighted by Crippen LogP contribution is 2.20. The van der Waals surface area contributed by atoms with Gasteiger partial charge in [0.15, 0.2) is 0 Å². The highest BCUT2D eigenvalue weighted by molar-refractivity contribution is 5.89. The van der Waals surface area contributed by atoms with Crippen LogP contribution < -0.4 is 11.1 Å². The van der Waals surface area contributed by atoms with Gasteiger partial charge < -0.3 is 25.5 Å². The third kappa shape index (κ3) is 4.09. The molecule has 1 amide bonds. The molecule has 24 heavy (non-hydrogen) atoms. The molecule has 4 N–H and O–H groups in total. The van der Waals surface area contributed by atoms with E-state index in [1.54, 1.807) is 12.3 Å². The van der Waals surface area contributed by atoms with Crippen molar-refractivity contribution in [3.8, 4) is 0 Å². The van der Waals surface area contributed by atoms with Crippen LogP contribution in [0.4, 0.5) is 4.39 Å². The van der Waals surface area contributed by atoms with E-state index in [-0.39, 0.29) is 18.8 Å². The second-order valence-electron chi connectivity index (χ2n) is 5.35. The molecule has 8 heteroatoms. The summed E-state index contributed by atoms with van der Waals surface area (Å²) in [5.41, 5.74) is 7.02. The maximum absolute atomic E-state index is 13.2. The Balaban J connectivity index is 2.19. The average molecular weight is 337 g/mol. The van der Waals surface area contributed by atoms with Gasteiger partial charge in [-0.15, -0.1) is 0 Å². The van der Waals surface area contributed by atoms with Gasteiger partial charge in [0.1, 0.15) is 17.9 Å². The zero-order valence-electron chi connectivity index (χ0n) is 13.5. The summed E-state index contributed by atoms with van der Waals surface area (Å²) in [5.74, 6) is -1.47. The molecule has 7 nitrogen and oxygen atoms in total. The summed E-state index contributed by atoms with van der Waals surface area (Å²) in [6.07, 6.45) is 1.85. The van der Waals surface area contributed by atoms with Crippen LogP contribution in [0.5, 0.6) is 0 Å². The minimum atomic E-state index is -0.908. The third-order valence-electron chi connectivity index (χ3n) is 3.64. The molecule has 0 fully saturated rings. The number of amides is 1. The highest BCUT2D eigenvalue weighted by atomic mass is 19.1. The molecular formula is C16H20FN3O4. The number of hydrogen-bond acceptors (Lipinski definition) is 5. The fourth-order valence-corrected chi connectivity index (χ4v) is 2.42. The molecule has 0 saturated heterocycles. The number of hydrogen-bond donors (Lipinski definition) is 3. The predicted octanol–water partition coefficient (Wildman–Crippen LogP) is 0.481. The predicted molar refractivity (Wildman–Crippen MR) is 85.8 cm³/mol. The van der Waals surface area contributed by atoms with E-state index in [1.165, 1.54) is 26.4 Å². The van der Waals surface area contributed by atoms with Crippen LogP contribution in [0.15, 0.2) is 24.4 Å². The number of rotatable bonds is 7. The second kappa shape index (κ2) is 7.89. The molecule has 0 bridgehead atoms. The molecule has 0 spiro atoms. The van der Waals surface area contributed by atoms with Gasteiger partial charge in [-0.1, -0.05) is 0 Å². The number of benzene rings is 1. The van der Waals surface area contributed by atoms with E-state index in [0.29, 0.717) is 5.52 Å². The van der Waals surface area contributed by atoms with E-state index in [9.17, 15) is 14.0 Å². The number of aromatic nitrogens is 1. The monoisotopic (exact) mass is 337 g/mol. The first kappa shape index (κ1) is 17.9. The molecule has 1 heterocycles. The van der Waals surface area contributed by atoms with Gasteiger partial charge in [-0.2, -0.15) is 0 Å². The first-order valence-electron chi connectivity index (χ1n) is 7.34. The number of halogens is 1. The summed E-state index contributed by atoms with van der Waals surface area (Å²) in [7, 11) is 2.66. The van der Waals surface area contributed by atoms with Gasteiger partial charge in [-0.05, 0) is 23.8 Å². The Labute approximate surface area is 138 Å². The van der Waals surface area contributed by atoms with E-state index >= 15 is 0 Å². The molecule has 1 aromatic carbocycles. The van der Waals surface area contributed by atoms with Crippen molar-refractivity contribution in [1.82, 2.24) is 10.3 Å². The average Bonchev–Trinajstić information content (AvgIpc) is 2.95. The fraction of sp³-hybridized carbons (Fsp3) is 0.375. The lowest BCUT2D eigenvalue weighted by molar-refractivity contribution is -0.145. The Morgan fingerprint density at radius 1 is 1.38 bits per heavy atom. The van der Waals surface area contributed by atoms with Crippen molar-refractivity contribution in [3.05, 3.63) is 35.8 Å². The van der Waals surface area contributed by atoms with Crippen LogP contribution in [-0.4, -0.2) is 49.8 Å². The summed E-state index contributed by atoms with van der Waals surface area (Å²) in [5, 5.41) is 3.32. The molecule has 0 radical (unpaired) electrons. The lowest BCUT2D eigenvalue weighted by Crippen LogP contribution is -2.51. The van der Waals surface area contributed by atoms with Crippen LogP contribution >= 0.6 is 0 Å². The third-order valence-corrected chi connectivity index (χ3v) is 3.64. The molecule has 2 aromatic rings. The number of ether oxygens (including phenoxy) is 2. The minimum Gasteiger partial charge on any atom is -0.467 e. The summed E-state index contributed by atoms with van der Waals surface area (Å²) < 4.78 is 22.8. The van der Waals surface area contributed by atoms with Gasteiger partial charge >= 0.3 is 5.97 Å². The van der Waals surface area contributed by atoms with Crippen molar-refractivity contribution in [1.29, 1.82) is 0 Å². The number of nitrogens with one attached hydrogen (secondary N) is 2. The van der Waals surface area contributed by atoms with Gasteiger partial charge in [-0.3, -0.25) is 4.79 Å². The summed E-state index contributed by atoms with van der Waals surface area (Å²) in [6, 6.07) is 2.51. The first-order valence-corrected chi connectivity index (χ1v) is 7.34. The van der Waals surface area contributed by atoms with Crippen LogP contribution in [-0.2, 0) is 25.5 Å². The van der Waals surface area contributed by atoms with Gasteiger partial charge in [-0.25, -0.2) is 9.18 Å². The Morgan fingerprint density at radius 2 is 2.12 bits per heavy atom. The normalized spacial score (nSPS) is 13.5. The van der Waals surface area contributed by atoms with E-state index in [4.69, 9.17) is 15.2 Å². The summed E-state index contributed by atoms with van der Waals surface area (Å²) >= 11 is 0. The number of esters is 1. The van der Waals surface area contributed by atoms with Crippen molar-refractivity contribution in [3.63, 3.8) is 0 Å². The molecule has 0 aliphatic heterocycles. The molecule has 0 aliphatic rings. The quantitative estimate of drug-likeness (QED) is 0.637. The van der Waals surface area contributed by atoms with Crippen LogP contribution in [0.25, 0.3) is 10.9 Å². The van der Waals surface area contributed by atoms with Crippen molar-refractivity contribution >= 4 is 22.8 Å². The lowest BCUT2D eigenvalue weighted by Gasteiger charge is -2.18. The van der Waals surface area contributed by atoms with E-state index in [1.807, 2.05) is 0 Å². The number of nitrogens with two attached hydrogens (primary N) is 1. The second-order valence-corrected chi connectivity index (χ2v) is 5.35. The minimum absolute atomic E-state index is 0.0338. The number of carbonyl (C=O) groups is 2. The van der Waals surface area contributed by atoms with Crippen LogP contribution in [0.1, 0.15) is 5.56 Å². The van der Waals surface area contributed by atoms with Crippen LogP contribution in [0, 0.1) is 5.82 Å². The number of fused-ring (bicyclic) bond motifs is 1. The van der Waals surface area contributed by atoms with Gasteiger partial charge in [0.2, 0.25) is 5.91 Å². The van der Waals surface area contributed by atoms with Crippen molar-refractivity contribution in [2.24, 2.45) is 5.73 Å². The Morgan fingerprint density at radius 3 is 2.79 bits per heavy atom. The summed E-state index contributed by atoms with van der Waals surface area (Å²) in [4.78, 5) is 26.9. The van der Waals surface area contributed by atoms with E-state index < -0.39 is 24.0 Å². The topological polar surface area (TPSA) is 106 Å². The Bertz CT molecular complexity index is 731. The van der Waals surface area contributed by atoms with Gasteiger partial charge in [0.25, 0.3) is 0 Å². The molecule has 1 aromatic heterocycles. The molecule has 2 unspecified atom stereocenters. The van der Waals surface area contributed by atoms with Crippen molar-refractivity contribution < 1.29 is 23.5 Å². The zero-order valence-corrected chi connectivity index (χ0v) is 13.5. The zero-order chi connectivity index (χ0) is 17.7. The Hall–Kier alpha value is -2.45. The van der Waals surface area contributed by atoms with E-state index in [0.717, 1.165) is 10.9 Å². The number of aromatic amines is 1. The fourth-order valence-electron chi connectivity index (χ4n) is 2.42. The SMILES string of the molecule is COCC(N)C(=O)NC(Cc1c[nH]c2cc(F)ccc12)C(=O)OC. The molecular weight excluding hydrogens is 317 g/mol. The number of methoxy groups -OCH3 is 2. The smallest absolute Gasteiger partial charge is 0.328 e. The van der Waals surface area contributed by atoms with Crippen molar-refractivity contribution in [2.45, 2.75) is 18.5 Å². The molecule has 2 atom stereocenters. The number of carbonyl (C=O) groups excluding carboxylic acids is 2. The maximum atomic E-state index is 13.2. The Kier molecular flexibility index (Phi) is 5.88. The highest BCUT2D eigenvalue weighted by Gasteiger charge is 2.25. The standard InChI is InChI=1S/C16H20FN3O4/c1-23-8-12(18)15(21)20-14(16(22)24-2)5-9-7-19-13-6-10(17)3-4-11(9)13/h3-4,6-7,12,14,19H,5,8,18H2,1-2H3,(H,20,21). The largest absolute Gasteiger partial charge is 0.467 e. The maximum Gasteiger partial charge on any atom is 0.328 e. The first-order chi connectivity index (χ1) is 11.5. The van der Waals surface area contributed by atoms with Crippen LogP contribution in [0.2, 0.25) is 0 Å². The molecule has 130 valence electrons. The lowest BCUT2D eigenvalue weighted by atomic mass is 10.0. The van der Waals surface area contributed by atoms with Gasteiger partial charge in [0, 0.05) is 30.6 Å². The molecule has 0 saturated carbocycles. The van der Waals surface area contributed by atoms with E-state index in [2.05, 4.69) is 10.3 Å². The molecule has 2 rings (SSSR count). The number of H-pyrrole nitrogens is 1. The van der Waals surface area contributed by atoms with Gasteiger partial charge in [0.05, 0.1) is 13.7 Å². The molecule has 0 aliphatic carbocycles. The van der Waals surface area contributed by atoms with Crippen LogP contribution in [0.3, 0.4) is 0 Å². The summed E-state index contributed by atoms with van der Waals surface area (Å²) in [6.45, 7) is 0.0338. The van der Waals surface area contributed by atoms with Crippen molar-refractivity contribution in [2.75, 3.05) is 20.8 Å².